The van der Waals surface area contributed by atoms with Crippen LogP contribution < -0.4 is 10.2 Å². The van der Waals surface area contributed by atoms with Gasteiger partial charge in [-0.3, -0.25) is 0 Å². The molecule has 14 heteroatoms. The lowest BCUT2D eigenvalue weighted by atomic mass is 9.87. The van der Waals surface area contributed by atoms with Crippen LogP contribution in [0.4, 0.5) is 36.7 Å². The van der Waals surface area contributed by atoms with E-state index in [4.69, 9.17) is 9.47 Å². The predicted molar refractivity (Wildman–Crippen MR) is 131 cm³/mol. The van der Waals surface area contributed by atoms with Crippen LogP contribution in [0.25, 0.3) is 0 Å². The van der Waals surface area contributed by atoms with Crippen LogP contribution in [0.2, 0.25) is 0 Å². The molecule has 1 N–H and O–H groups in total. The van der Waals surface area contributed by atoms with E-state index in [2.05, 4.69) is 15.4 Å². The SMILES string of the molecule is CNCCn1cnc(N2CCO[C@H](O[C@H](C)c3cc(C(F)(F)F)cc(C(F)(F)F)c3)[C@]2(C)c2ccc(F)cc2)n1. The zero-order valence-corrected chi connectivity index (χ0v) is 21.9. The molecule has 1 aliphatic rings. The van der Waals surface area contributed by atoms with Crippen LogP contribution in [0.1, 0.15) is 42.2 Å². The van der Waals surface area contributed by atoms with Gasteiger partial charge >= 0.3 is 12.4 Å². The molecule has 1 aromatic heterocycles. The van der Waals surface area contributed by atoms with Crippen LogP contribution in [-0.2, 0) is 33.9 Å². The van der Waals surface area contributed by atoms with E-state index >= 15 is 0 Å². The number of morpholine rings is 1. The molecule has 2 heterocycles. The third-order valence-corrected chi connectivity index (χ3v) is 6.80. The first kappa shape index (κ1) is 29.7. The standard InChI is InChI=1S/C26H28F7N5O2/c1-16(17-12-19(25(28,29)30)14-20(13-17)26(31,32)33)40-22-24(2,18-4-6-21(27)7-5-18)38(10-11-39-22)23-35-15-37(36-23)9-8-34-3/h4-7,12-16,22,34H,8-11H2,1-3H3/t16-,22-,24+/m1/s1. The van der Waals surface area contributed by atoms with E-state index in [0.29, 0.717) is 36.7 Å². The van der Waals surface area contributed by atoms with Crippen molar-refractivity contribution in [3.8, 4) is 0 Å². The number of nitrogens with zero attached hydrogens (tertiary/aromatic N) is 4. The Kier molecular flexibility index (Phi) is 8.43. The summed E-state index contributed by atoms with van der Waals surface area (Å²) in [4.78, 5) is 6.16. The third-order valence-electron chi connectivity index (χ3n) is 6.80. The second-order valence-corrected chi connectivity index (χ2v) is 9.54. The van der Waals surface area contributed by atoms with E-state index in [1.807, 2.05) is 0 Å². The highest BCUT2D eigenvalue weighted by Crippen LogP contribution is 2.42. The molecule has 0 bridgehead atoms. The summed E-state index contributed by atoms with van der Waals surface area (Å²) in [5.41, 5.74) is -3.96. The molecular formula is C26H28F7N5O2. The number of hydrogen-bond donors (Lipinski definition) is 1. The number of likely N-dealkylation sites (N-methyl/N-ethyl adjacent to an activating group) is 1. The Bertz CT molecular complexity index is 1260. The van der Waals surface area contributed by atoms with Crippen LogP contribution >= 0.6 is 0 Å². The molecular weight excluding hydrogens is 547 g/mol. The Balaban J connectivity index is 1.73. The van der Waals surface area contributed by atoms with E-state index in [-0.39, 0.29) is 24.8 Å². The highest BCUT2D eigenvalue weighted by molar-refractivity contribution is 5.42. The van der Waals surface area contributed by atoms with Crippen molar-refractivity contribution in [3.63, 3.8) is 0 Å². The fourth-order valence-corrected chi connectivity index (χ4v) is 4.55. The number of hydrogen-bond acceptors (Lipinski definition) is 6. The van der Waals surface area contributed by atoms with E-state index in [0.717, 1.165) is 0 Å². The molecule has 0 spiro atoms. The first-order valence-electron chi connectivity index (χ1n) is 12.4. The van der Waals surface area contributed by atoms with E-state index < -0.39 is 47.2 Å². The maximum atomic E-state index is 13.8. The second kappa shape index (κ2) is 11.3. The lowest BCUT2D eigenvalue weighted by molar-refractivity contribution is -0.217. The summed E-state index contributed by atoms with van der Waals surface area (Å²) in [5.74, 6) is -0.203. The Morgan fingerprint density at radius 3 is 2.27 bits per heavy atom. The van der Waals surface area contributed by atoms with Crippen molar-refractivity contribution in [2.45, 2.75) is 50.7 Å². The number of anilines is 1. The second-order valence-electron chi connectivity index (χ2n) is 9.54. The van der Waals surface area contributed by atoms with Gasteiger partial charge in [-0.2, -0.15) is 26.3 Å². The van der Waals surface area contributed by atoms with Gasteiger partial charge in [-0.1, -0.05) is 12.1 Å². The van der Waals surface area contributed by atoms with Gasteiger partial charge in [0.2, 0.25) is 5.95 Å². The van der Waals surface area contributed by atoms with Crippen molar-refractivity contribution in [3.05, 3.63) is 76.9 Å². The van der Waals surface area contributed by atoms with E-state index in [1.54, 1.807) is 23.6 Å². The Morgan fingerprint density at radius 2 is 1.70 bits per heavy atom. The number of alkyl halides is 6. The summed E-state index contributed by atoms with van der Waals surface area (Å²) in [5, 5.41) is 7.52. The summed E-state index contributed by atoms with van der Waals surface area (Å²) in [7, 11) is 1.79. The molecule has 0 radical (unpaired) electrons. The van der Waals surface area contributed by atoms with Crippen LogP contribution in [0.3, 0.4) is 0 Å². The van der Waals surface area contributed by atoms with Gasteiger partial charge in [0.25, 0.3) is 0 Å². The van der Waals surface area contributed by atoms with Crippen LogP contribution in [0.15, 0.2) is 48.8 Å². The summed E-state index contributed by atoms with van der Waals surface area (Å²) < 4.78 is 108. The molecule has 7 nitrogen and oxygen atoms in total. The number of benzene rings is 2. The first-order valence-corrected chi connectivity index (χ1v) is 12.4. The largest absolute Gasteiger partial charge is 0.416 e. The van der Waals surface area contributed by atoms with Gasteiger partial charge in [-0.05, 0) is 62.4 Å². The predicted octanol–water partition coefficient (Wildman–Crippen LogP) is 5.53. The molecule has 40 heavy (non-hydrogen) atoms. The summed E-state index contributed by atoms with van der Waals surface area (Å²) >= 11 is 0. The zero-order valence-electron chi connectivity index (χ0n) is 21.9. The molecule has 3 aromatic rings. The van der Waals surface area contributed by atoms with Gasteiger partial charge in [-0.25, -0.2) is 14.1 Å². The zero-order chi connectivity index (χ0) is 29.3. The number of ether oxygens (including phenoxy) is 2. The molecule has 0 amide bonds. The van der Waals surface area contributed by atoms with Crippen molar-refractivity contribution in [1.82, 2.24) is 20.1 Å². The third kappa shape index (κ3) is 6.23. The van der Waals surface area contributed by atoms with Crippen LogP contribution in [-0.4, -0.2) is 47.8 Å². The monoisotopic (exact) mass is 575 g/mol. The molecule has 0 aliphatic carbocycles. The van der Waals surface area contributed by atoms with E-state index in [9.17, 15) is 30.7 Å². The van der Waals surface area contributed by atoms with Gasteiger partial charge in [0.1, 0.15) is 17.7 Å². The average molecular weight is 576 g/mol. The minimum atomic E-state index is -5.01. The molecule has 4 rings (SSSR count). The van der Waals surface area contributed by atoms with E-state index in [1.165, 1.54) is 37.5 Å². The van der Waals surface area contributed by atoms with Crippen molar-refractivity contribution in [2.24, 2.45) is 0 Å². The summed E-state index contributed by atoms with van der Waals surface area (Å²) in [6.07, 6.45) is -10.9. The molecule has 1 aliphatic heterocycles. The number of halogens is 7. The average Bonchev–Trinajstić information content (AvgIpc) is 3.36. The number of aromatic nitrogens is 3. The first-order chi connectivity index (χ1) is 18.7. The normalized spacial score (nSPS) is 21.1. The smallest absolute Gasteiger partial charge is 0.348 e. The number of rotatable bonds is 8. The topological polar surface area (TPSA) is 64.4 Å². The van der Waals surface area contributed by atoms with Crippen LogP contribution in [0.5, 0.6) is 0 Å². The van der Waals surface area contributed by atoms with Gasteiger partial charge in [0.15, 0.2) is 6.29 Å². The quantitative estimate of drug-likeness (QED) is 0.357. The minimum Gasteiger partial charge on any atom is -0.348 e. The molecule has 218 valence electrons. The lowest BCUT2D eigenvalue weighted by Crippen LogP contribution is -2.60. The van der Waals surface area contributed by atoms with Crippen molar-refractivity contribution >= 4 is 5.95 Å². The summed E-state index contributed by atoms with van der Waals surface area (Å²) in [6.45, 7) is 4.57. The highest BCUT2D eigenvalue weighted by atomic mass is 19.4. The maximum Gasteiger partial charge on any atom is 0.416 e. The summed E-state index contributed by atoms with van der Waals surface area (Å²) in [6, 6.07) is 6.78. The maximum absolute atomic E-state index is 13.8. The van der Waals surface area contributed by atoms with Gasteiger partial charge in [0, 0.05) is 13.1 Å². The van der Waals surface area contributed by atoms with Gasteiger partial charge < -0.3 is 19.7 Å². The Labute approximate surface area is 225 Å². The Hall–Kier alpha value is -3.23. The van der Waals surface area contributed by atoms with Crippen molar-refractivity contribution < 1.29 is 40.2 Å². The highest BCUT2D eigenvalue weighted by Gasteiger charge is 2.48. The molecule has 0 unspecified atom stereocenters. The van der Waals surface area contributed by atoms with Crippen molar-refractivity contribution in [1.29, 1.82) is 0 Å². The lowest BCUT2D eigenvalue weighted by Gasteiger charge is -2.49. The fourth-order valence-electron chi connectivity index (χ4n) is 4.55. The number of nitrogens with one attached hydrogen (secondary N) is 1. The minimum absolute atomic E-state index is 0.0632. The van der Waals surface area contributed by atoms with Gasteiger partial charge in [-0.15, -0.1) is 5.10 Å². The Morgan fingerprint density at radius 1 is 1.07 bits per heavy atom. The fraction of sp³-hybridized carbons (Fsp3) is 0.462. The molecule has 1 fully saturated rings. The molecule has 3 atom stereocenters. The molecule has 2 aromatic carbocycles. The van der Waals surface area contributed by atoms with Gasteiger partial charge in [0.05, 0.1) is 30.4 Å². The molecule has 0 saturated carbocycles. The molecule has 1 saturated heterocycles. The van der Waals surface area contributed by atoms with Crippen molar-refractivity contribution in [2.75, 3.05) is 31.6 Å². The van der Waals surface area contributed by atoms with Crippen LogP contribution in [0, 0.1) is 5.82 Å².